The highest BCUT2D eigenvalue weighted by Crippen LogP contribution is 2.51. The molecule has 56 heavy (non-hydrogen) atoms. The van der Waals surface area contributed by atoms with Crippen molar-refractivity contribution in [3.8, 4) is 5.69 Å². The van der Waals surface area contributed by atoms with Gasteiger partial charge in [-0.3, -0.25) is 14.6 Å². The molecular weight excluding hydrogens is 701 g/mol. The first-order valence-corrected chi connectivity index (χ1v) is 18.9. The van der Waals surface area contributed by atoms with Gasteiger partial charge in [-0.25, -0.2) is 14.1 Å². The largest absolute Gasteiger partial charge is 0.433 e. The van der Waals surface area contributed by atoms with Crippen LogP contribution in [0.15, 0.2) is 137 Å². The van der Waals surface area contributed by atoms with Gasteiger partial charge in [-0.05, 0) is 55.3 Å². The molecule has 2 aliphatic rings. The minimum absolute atomic E-state index is 0.0199. The molecule has 6 heterocycles. The van der Waals surface area contributed by atoms with Gasteiger partial charge in [-0.2, -0.15) is 0 Å². The fourth-order valence-electron chi connectivity index (χ4n) is 7.80. The number of carbonyl (C=O) groups excluding carboxylic acids is 2. The summed E-state index contributed by atoms with van der Waals surface area (Å²) in [4.78, 5) is 29.9. The van der Waals surface area contributed by atoms with Gasteiger partial charge in [0, 0.05) is 30.8 Å². The van der Waals surface area contributed by atoms with Crippen molar-refractivity contribution in [2.45, 2.75) is 26.8 Å². The number of pyridine rings is 2. The van der Waals surface area contributed by atoms with Crippen molar-refractivity contribution < 1.29 is 32.2 Å². The van der Waals surface area contributed by atoms with Crippen LogP contribution in [0.4, 0.5) is 11.6 Å². The number of ketones is 2. The molecule has 0 bridgehead atoms. The molecule has 7 aromatic rings. The molecule has 0 amide bonds. The molecule has 10 heteroatoms. The second kappa shape index (κ2) is 14.0. The Balaban J connectivity index is 1.22. The maximum atomic E-state index is 15.0. The number of hydrazine groups is 1. The number of furan rings is 2. The van der Waals surface area contributed by atoms with Gasteiger partial charge >= 0.3 is 0 Å². The highest BCUT2D eigenvalue weighted by Gasteiger charge is 2.49. The van der Waals surface area contributed by atoms with E-state index in [0.717, 1.165) is 33.9 Å². The Morgan fingerprint density at radius 1 is 0.679 bits per heavy atom. The molecule has 10 nitrogen and oxygen atoms in total. The second-order valence-electron chi connectivity index (χ2n) is 13.9. The van der Waals surface area contributed by atoms with Crippen LogP contribution in [0, 0.1) is 0 Å². The number of para-hydroxylation sites is 2. The number of carbonyl (C=O) groups is 2. The molecule has 1 aliphatic heterocycles. The van der Waals surface area contributed by atoms with E-state index in [0.29, 0.717) is 42.1 Å². The summed E-state index contributed by atoms with van der Waals surface area (Å²) >= 11 is 0. The molecule has 0 radical (unpaired) electrons. The Morgan fingerprint density at radius 2 is 1.27 bits per heavy atom. The SMILES string of the molecule is CCN1/C(=C/C=C/c2cc[n+](C)cc2)c2c(oc3c2C(=O)c2oc4c(c2C3=O)c(C/C=C/c2cc[n+](C)cc2)[n+](CC)n4-c2ccccc2)N1c1ccccc1. The lowest BCUT2D eigenvalue weighted by atomic mass is 9.89. The van der Waals surface area contributed by atoms with Gasteiger partial charge in [-0.1, -0.05) is 65.4 Å². The monoisotopic (exact) mass is 741 g/mol. The molecule has 5 aromatic heterocycles. The van der Waals surface area contributed by atoms with E-state index >= 15 is 0 Å². The van der Waals surface area contributed by atoms with Crippen LogP contribution >= 0.6 is 0 Å². The smallest absolute Gasteiger partial charge is 0.273 e. The van der Waals surface area contributed by atoms with E-state index in [2.05, 4.69) is 28.8 Å². The third-order valence-corrected chi connectivity index (χ3v) is 10.4. The normalized spacial score (nSPS) is 14.5. The van der Waals surface area contributed by atoms with Crippen LogP contribution in [0.5, 0.6) is 0 Å². The number of aryl methyl sites for hydroxylation is 2. The average molecular weight is 742 g/mol. The van der Waals surface area contributed by atoms with Gasteiger partial charge in [0.2, 0.25) is 23.1 Å². The summed E-state index contributed by atoms with van der Waals surface area (Å²) in [5.74, 6) is -0.291. The van der Waals surface area contributed by atoms with Crippen molar-refractivity contribution in [2.75, 3.05) is 11.6 Å². The third-order valence-electron chi connectivity index (χ3n) is 10.4. The standard InChI is InChI=1S/C46H41N6O4/c1-5-49-35(21-13-15-31-23-27-47(3)28-24-31)37-39-41(53)44-40(42(54)43(39)55-45(37)51(49)33-17-9-7-10-18-33)38-36(22-14-16-32-25-29-48(4)30-26-32)50(6-2)52(46(38)56-44)34-19-11-8-12-20-34/h7-21,23-30H,5-6,22H2,1-4H3/q+3/b16-14+. The molecule has 0 saturated carbocycles. The van der Waals surface area contributed by atoms with Gasteiger partial charge in [0.1, 0.15) is 25.2 Å². The van der Waals surface area contributed by atoms with Crippen LogP contribution in [0.25, 0.3) is 34.6 Å². The molecule has 0 atom stereocenters. The Labute approximate surface area is 324 Å². The van der Waals surface area contributed by atoms with Crippen molar-refractivity contribution in [3.63, 3.8) is 0 Å². The Bertz CT molecular complexity index is 2730. The zero-order chi connectivity index (χ0) is 38.5. The van der Waals surface area contributed by atoms with Crippen LogP contribution in [0.3, 0.4) is 0 Å². The van der Waals surface area contributed by atoms with Crippen LogP contribution in [-0.4, -0.2) is 27.8 Å². The number of hydrogen-bond acceptors (Lipinski definition) is 6. The number of aromatic nitrogens is 4. The molecule has 0 saturated heterocycles. The maximum Gasteiger partial charge on any atom is 0.273 e. The summed E-state index contributed by atoms with van der Waals surface area (Å²) in [5.41, 5.74) is 6.84. The molecule has 0 fully saturated rings. The van der Waals surface area contributed by atoms with Crippen molar-refractivity contribution in [2.24, 2.45) is 14.1 Å². The van der Waals surface area contributed by atoms with E-state index in [1.807, 2.05) is 168 Å². The molecule has 9 rings (SSSR count). The van der Waals surface area contributed by atoms with E-state index in [9.17, 15) is 9.59 Å². The lowest BCUT2D eigenvalue weighted by Crippen LogP contribution is -2.44. The van der Waals surface area contributed by atoms with E-state index in [-0.39, 0.29) is 34.2 Å². The van der Waals surface area contributed by atoms with Crippen molar-refractivity contribution >= 4 is 52.1 Å². The highest BCUT2D eigenvalue weighted by molar-refractivity contribution is 6.32. The van der Waals surface area contributed by atoms with Crippen LogP contribution in [0.1, 0.15) is 68.5 Å². The van der Waals surface area contributed by atoms with E-state index in [1.54, 1.807) is 0 Å². The average Bonchev–Trinajstić information content (AvgIpc) is 3.96. The lowest BCUT2D eigenvalue weighted by molar-refractivity contribution is -0.767. The molecule has 0 spiro atoms. The first-order chi connectivity index (χ1) is 27.4. The number of fused-ring (bicyclic) bond motifs is 6. The zero-order valence-corrected chi connectivity index (χ0v) is 31.7. The number of allylic oxidation sites excluding steroid dienone is 3. The summed E-state index contributed by atoms with van der Waals surface area (Å²) in [6, 6.07) is 27.9. The van der Waals surface area contributed by atoms with Crippen molar-refractivity contribution in [3.05, 3.63) is 173 Å². The molecule has 276 valence electrons. The third kappa shape index (κ3) is 5.60. The lowest BCUT2D eigenvalue weighted by Gasteiger charge is -2.30. The summed E-state index contributed by atoms with van der Waals surface area (Å²) in [7, 11) is 3.96. The number of rotatable bonds is 9. The summed E-state index contributed by atoms with van der Waals surface area (Å²) < 4.78 is 21.3. The summed E-state index contributed by atoms with van der Waals surface area (Å²) in [6.07, 6.45) is 18.6. The fourth-order valence-corrected chi connectivity index (χ4v) is 7.80. The Kier molecular flexibility index (Phi) is 8.65. The molecule has 2 aromatic carbocycles. The number of anilines is 2. The minimum atomic E-state index is -0.381. The zero-order valence-electron chi connectivity index (χ0n) is 31.7. The fraction of sp³-hybridized carbons (Fsp3) is 0.152. The van der Waals surface area contributed by atoms with Crippen LogP contribution in [0.2, 0.25) is 0 Å². The topological polar surface area (TPSA) is 83.5 Å². The summed E-state index contributed by atoms with van der Waals surface area (Å²) in [6.45, 7) is 5.29. The second-order valence-corrected chi connectivity index (χ2v) is 13.9. The van der Waals surface area contributed by atoms with Crippen LogP contribution < -0.4 is 18.8 Å². The number of benzene rings is 2. The Hall–Kier alpha value is -7.07. The quantitative estimate of drug-likeness (QED) is 0.145. The van der Waals surface area contributed by atoms with E-state index in [4.69, 9.17) is 8.83 Å². The first kappa shape index (κ1) is 34.7. The van der Waals surface area contributed by atoms with Crippen molar-refractivity contribution in [1.82, 2.24) is 9.69 Å². The first-order valence-electron chi connectivity index (χ1n) is 18.9. The molecule has 1 aliphatic carbocycles. The molecule has 0 N–H and O–H groups in total. The molecular formula is C46H41N6O4+3. The minimum Gasteiger partial charge on any atom is -0.433 e. The highest BCUT2D eigenvalue weighted by atomic mass is 16.4. The predicted octanol–water partition coefficient (Wildman–Crippen LogP) is 7.25. The van der Waals surface area contributed by atoms with Crippen molar-refractivity contribution in [1.29, 1.82) is 0 Å². The van der Waals surface area contributed by atoms with Gasteiger partial charge in [-0.15, -0.1) is 4.68 Å². The summed E-state index contributed by atoms with van der Waals surface area (Å²) in [5, 5.41) is 4.63. The van der Waals surface area contributed by atoms with E-state index in [1.165, 1.54) is 0 Å². The van der Waals surface area contributed by atoms with Crippen LogP contribution in [-0.2, 0) is 27.1 Å². The van der Waals surface area contributed by atoms with Gasteiger partial charge in [0.25, 0.3) is 5.71 Å². The Morgan fingerprint density at radius 3 is 1.89 bits per heavy atom. The van der Waals surface area contributed by atoms with Gasteiger partial charge < -0.3 is 8.83 Å². The maximum absolute atomic E-state index is 15.0. The molecule has 0 unspecified atom stereocenters. The number of hydrogen-bond donors (Lipinski definition) is 0. The predicted molar refractivity (Wildman–Crippen MR) is 213 cm³/mol. The van der Waals surface area contributed by atoms with Gasteiger partial charge in [0.15, 0.2) is 42.9 Å². The van der Waals surface area contributed by atoms with E-state index < -0.39 is 0 Å². The van der Waals surface area contributed by atoms with Gasteiger partial charge in [0.05, 0.1) is 34.5 Å². The number of nitrogens with zero attached hydrogens (tertiary/aromatic N) is 6.